The molecule has 1 unspecified atom stereocenters. The van der Waals surface area contributed by atoms with Crippen LogP contribution in [0.1, 0.15) is 44.2 Å². The number of nitrogens with two attached hydrogens (primary N) is 1. The molecule has 3 N–H and O–H groups in total. The van der Waals surface area contributed by atoms with E-state index in [1.165, 1.54) is 0 Å². The molecule has 0 saturated carbocycles. The molecule has 0 bridgehead atoms. The van der Waals surface area contributed by atoms with Gasteiger partial charge in [0.05, 0.1) is 18.7 Å². The van der Waals surface area contributed by atoms with Gasteiger partial charge in [-0.2, -0.15) is 0 Å². The molecule has 1 heterocycles. The van der Waals surface area contributed by atoms with E-state index >= 15 is 0 Å². The Balaban J connectivity index is 1.98. The van der Waals surface area contributed by atoms with Crippen LogP contribution in [0.25, 0.3) is 0 Å². The smallest absolute Gasteiger partial charge is 0.237 e. The van der Waals surface area contributed by atoms with Crippen LogP contribution in [0, 0.1) is 0 Å². The van der Waals surface area contributed by atoms with E-state index in [9.17, 15) is 4.79 Å². The summed E-state index contributed by atoms with van der Waals surface area (Å²) >= 11 is 0. The number of benzene rings is 1. The summed E-state index contributed by atoms with van der Waals surface area (Å²) in [4.78, 5) is 12.0. The van der Waals surface area contributed by atoms with E-state index in [-0.39, 0.29) is 11.9 Å². The quantitative estimate of drug-likeness (QED) is 0.854. The number of amides is 1. The average molecular weight is 262 g/mol. The molecule has 0 fully saturated rings. The molecule has 0 aromatic heterocycles. The van der Waals surface area contributed by atoms with Gasteiger partial charge >= 0.3 is 0 Å². The first-order valence-electron chi connectivity index (χ1n) is 7.00. The first-order chi connectivity index (χ1) is 9.22. The summed E-state index contributed by atoms with van der Waals surface area (Å²) in [5.74, 6) is 0.802. The van der Waals surface area contributed by atoms with E-state index in [0.29, 0.717) is 6.61 Å². The highest BCUT2D eigenvalue weighted by molar-refractivity contribution is 5.82. The van der Waals surface area contributed by atoms with Gasteiger partial charge in [0.2, 0.25) is 5.91 Å². The summed E-state index contributed by atoms with van der Waals surface area (Å²) in [5.41, 5.74) is 6.94. The molecular formula is C15H22N2O2. The maximum atomic E-state index is 12.0. The number of hydrogen-bond donors (Lipinski definition) is 2. The molecule has 2 rings (SSSR count). The molecule has 1 aromatic carbocycles. The topological polar surface area (TPSA) is 64.4 Å². The van der Waals surface area contributed by atoms with E-state index in [4.69, 9.17) is 10.5 Å². The molecule has 0 saturated heterocycles. The molecule has 4 nitrogen and oxygen atoms in total. The fraction of sp³-hybridized carbons (Fsp3) is 0.533. The summed E-state index contributed by atoms with van der Waals surface area (Å²) in [6.45, 7) is 2.73. The highest BCUT2D eigenvalue weighted by atomic mass is 16.5. The van der Waals surface area contributed by atoms with Gasteiger partial charge in [-0.1, -0.05) is 38.0 Å². The standard InChI is InChI=1S/C15H22N2O2/c1-2-3-7-12(16)15(18)17-13-9-10-19-14-8-5-4-6-11(13)14/h4-6,8,12-13H,2-3,7,9-10,16H2,1H3,(H,17,18)/t12-,13?/m0/s1. The molecule has 104 valence electrons. The van der Waals surface area contributed by atoms with E-state index in [0.717, 1.165) is 37.0 Å². The van der Waals surface area contributed by atoms with Gasteiger partial charge in [0.25, 0.3) is 0 Å². The Morgan fingerprint density at radius 2 is 2.32 bits per heavy atom. The van der Waals surface area contributed by atoms with Crippen LogP contribution in [0.5, 0.6) is 5.75 Å². The predicted octanol–water partition coefficient (Wildman–Crippen LogP) is 2.14. The van der Waals surface area contributed by atoms with Gasteiger partial charge in [0.1, 0.15) is 5.75 Å². The van der Waals surface area contributed by atoms with Gasteiger partial charge in [0, 0.05) is 12.0 Å². The first-order valence-corrected chi connectivity index (χ1v) is 7.00. The van der Waals surface area contributed by atoms with Crippen LogP contribution in [-0.4, -0.2) is 18.6 Å². The first kappa shape index (κ1) is 13.9. The van der Waals surface area contributed by atoms with Crippen molar-refractivity contribution in [3.63, 3.8) is 0 Å². The Morgan fingerprint density at radius 1 is 1.53 bits per heavy atom. The lowest BCUT2D eigenvalue weighted by Crippen LogP contribution is -2.43. The number of hydrogen-bond acceptors (Lipinski definition) is 3. The minimum atomic E-state index is -0.407. The fourth-order valence-corrected chi connectivity index (χ4v) is 2.33. The van der Waals surface area contributed by atoms with Crippen LogP contribution in [0.3, 0.4) is 0 Å². The zero-order valence-electron chi connectivity index (χ0n) is 11.4. The second-order valence-electron chi connectivity index (χ2n) is 4.98. The Labute approximate surface area is 114 Å². The largest absolute Gasteiger partial charge is 0.493 e. The monoisotopic (exact) mass is 262 g/mol. The van der Waals surface area contributed by atoms with E-state index in [1.807, 2.05) is 24.3 Å². The van der Waals surface area contributed by atoms with Crippen LogP contribution >= 0.6 is 0 Å². The second kappa shape index (κ2) is 6.57. The molecule has 0 aliphatic carbocycles. The van der Waals surface area contributed by atoms with Crippen molar-refractivity contribution in [2.75, 3.05) is 6.61 Å². The number of rotatable bonds is 5. The molecule has 1 aromatic rings. The van der Waals surface area contributed by atoms with Gasteiger partial charge in [-0.25, -0.2) is 0 Å². The van der Waals surface area contributed by atoms with Gasteiger partial charge < -0.3 is 15.8 Å². The molecule has 1 aliphatic rings. The average Bonchev–Trinajstić information content (AvgIpc) is 2.45. The van der Waals surface area contributed by atoms with E-state index in [1.54, 1.807) is 0 Å². The molecular weight excluding hydrogens is 240 g/mol. The lowest BCUT2D eigenvalue weighted by molar-refractivity contribution is -0.123. The summed E-state index contributed by atoms with van der Waals surface area (Å²) < 4.78 is 5.58. The van der Waals surface area contributed by atoms with Crippen molar-refractivity contribution in [3.8, 4) is 5.75 Å². The van der Waals surface area contributed by atoms with Gasteiger partial charge in [0.15, 0.2) is 0 Å². The summed E-state index contributed by atoms with van der Waals surface area (Å²) in [6, 6.07) is 7.45. The number of fused-ring (bicyclic) bond motifs is 1. The van der Waals surface area contributed by atoms with Gasteiger partial charge in [-0.15, -0.1) is 0 Å². The van der Waals surface area contributed by atoms with Crippen molar-refractivity contribution in [2.24, 2.45) is 5.73 Å². The zero-order chi connectivity index (χ0) is 13.7. The third-order valence-electron chi connectivity index (χ3n) is 3.48. The minimum absolute atomic E-state index is 0.0186. The Hall–Kier alpha value is -1.55. The molecule has 0 radical (unpaired) electrons. The Bertz CT molecular complexity index is 434. The van der Waals surface area contributed by atoms with E-state index < -0.39 is 6.04 Å². The maximum absolute atomic E-state index is 12.0. The number of unbranched alkanes of at least 4 members (excludes halogenated alkanes) is 1. The Morgan fingerprint density at radius 3 is 3.11 bits per heavy atom. The number of carbonyl (C=O) groups excluding carboxylic acids is 1. The van der Waals surface area contributed by atoms with Crippen molar-refractivity contribution < 1.29 is 9.53 Å². The lowest BCUT2D eigenvalue weighted by atomic mass is 10.00. The van der Waals surface area contributed by atoms with Crippen LogP contribution in [0.2, 0.25) is 0 Å². The highest BCUT2D eigenvalue weighted by Gasteiger charge is 2.24. The molecule has 1 aliphatic heterocycles. The normalized spacial score (nSPS) is 19.2. The third-order valence-corrected chi connectivity index (χ3v) is 3.48. The second-order valence-corrected chi connectivity index (χ2v) is 4.98. The Kier molecular flexibility index (Phi) is 4.80. The SMILES string of the molecule is CCCC[C@H](N)C(=O)NC1CCOc2ccccc21. The number of nitrogens with one attached hydrogen (secondary N) is 1. The van der Waals surface area contributed by atoms with Crippen LogP contribution in [-0.2, 0) is 4.79 Å². The van der Waals surface area contributed by atoms with Crippen LogP contribution in [0.15, 0.2) is 24.3 Å². The number of para-hydroxylation sites is 1. The molecule has 2 atom stereocenters. The number of ether oxygens (including phenoxy) is 1. The molecule has 1 amide bonds. The molecule has 4 heteroatoms. The van der Waals surface area contributed by atoms with Gasteiger partial charge in [-0.05, 0) is 12.5 Å². The summed E-state index contributed by atoms with van der Waals surface area (Å²) in [6.07, 6.45) is 3.58. The van der Waals surface area contributed by atoms with Crippen molar-refractivity contribution in [2.45, 2.75) is 44.7 Å². The van der Waals surface area contributed by atoms with Crippen molar-refractivity contribution >= 4 is 5.91 Å². The molecule has 0 spiro atoms. The summed E-state index contributed by atoms with van der Waals surface area (Å²) in [5, 5.41) is 3.04. The number of carbonyl (C=O) groups is 1. The minimum Gasteiger partial charge on any atom is -0.493 e. The van der Waals surface area contributed by atoms with Crippen LogP contribution < -0.4 is 15.8 Å². The summed E-state index contributed by atoms with van der Waals surface area (Å²) in [7, 11) is 0. The van der Waals surface area contributed by atoms with Gasteiger partial charge in [-0.3, -0.25) is 4.79 Å². The predicted molar refractivity (Wildman–Crippen MR) is 74.9 cm³/mol. The third kappa shape index (κ3) is 3.47. The van der Waals surface area contributed by atoms with Crippen molar-refractivity contribution in [1.29, 1.82) is 0 Å². The van der Waals surface area contributed by atoms with Crippen LogP contribution in [0.4, 0.5) is 0 Å². The fourth-order valence-electron chi connectivity index (χ4n) is 2.33. The maximum Gasteiger partial charge on any atom is 0.237 e. The van der Waals surface area contributed by atoms with Crippen molar-refractivity contribution in [1.82, 2.24) is 5.32 Å². The molecule has 19 heavy (non-hydrogen) atoms. The van der Waals surface area contributed by atoms with Crippen molar-refractivity contribution in [3.05, 3.63) is 29.8 Å². The lowest BCUT2D eigenvalue weighted by Gasteiger charge is -2.27. The zero-order valence-corrected chi connectivity index (χ0v) is 11.4. The van der Waals surface area contributed by atoms with E-state index in [2.05, 4.69) is 12.2 Å². The highest BCUT2D eigenvalue weighted by Crippen LogP contribution is 2.31.